The highest BCUT2D eigenvalue weighted by Crippen LogP contribution is 2.88. The van der Waals surface area contributed by atoms with Crippen molar-refractivity contribution in [2.45, 2.75) is 81.6 Å². The molecule has 0 aromatic carbocycles. The van der Waals surface area contributed by atoms with Crippen LogP contribution >= 0.6 is 0 Å². The number of carbonyl (C=O) groups excluding carboxylic acids is 3. The van der Waals surface area contributed by atoms with E-state index in [1.165, 1.54) is 19.6 Å². The third-order valence-electron chi connectivity index (χ3n) is 11.9. The second-order valence-electron chi connectivity index (χ2n) is 12.9. The van der Waals surface area contributed by atoms with Crippen LogP contribution in [0.25, 0.3) is 0 Å². The SMILES string of the molecule is COC(=O)[C@@H](O)[C@H]1[C@@]2(C)C[C@@]3(O)[C@H](C(=O)[C@H]2O)[C@]24O[C@]25CC(=O)O[C@@H](c2ccoc2)[C@]5(C)CC[C@H]4[C@]13C. The van der Waals surface area contributed by atoms with E-state index in [2.05, 4.69) is 0 Å². The van der Waals surface area contributed by atoms with E-state index in [-0.39, 0.29) is 12.8 Å². The monoisotopic (exact) mass is 516 g/mol. The quantitative estimate of drug-likeness (QED) is 0.392. The fourth-order valence-electron chi connectivity index (χ4n) is 10.6. The van der Waals surface area contributed by atoms with Crippen molar-refractivity contribution >= 4 is 17.7 Å². The van der Waals surface area contributed by atoms with Gasteiger partial charge < -0.3 is 33.9 Å². The number of rotatable bonds is 3. The summed E-state index contributed by atoms with van der Waals surface area (Å²) in [6.45, 7) is 5.44. The van der Waals surface area contributed by atoms with Crippen LogP contribution < -0.4 is 0 Å². The average molecular weight is 517 g/mol. The smallest absolute Gasteiger partial charge is 0.335 e. The minimum absolute atomic E-state index is 0.0107. The second-order valence-corrected chi connectivity index (χ2v) is 12.9. The molecule has 0 unspecified atom stereocenters. The molecule has 4 aliphatic carbocycles. The van der Waals surface area contributed by atoms with Gasteiger partial charge in [0.15, 0.2) is 11.9 Å². The van der Waals surface area contributed by atoms with Crippen molar-refractivity contribution in [2.24, 2.45) is 34.0 Å². The van der Waals surface area contributed by atoms with Gasteiger partial charge in [0.1, 0.15) is 23.4 Å². The molecule has 12 atom stereocenters. The summed E-state index contributed by atoms with van der Waals surface area (Å²) in [5.74, 6) is -4.48. The maximum Gasteiger partial charge on any atom is 0.335 e. The van der Waals surface area contributed by atoms with Crippen molar-refractivity contribution in [3.05, 3.63) is 24.2 Å². The number of carbonyl (C=O) groups is 3. The van der Waals surface area contributed by atoms with Crippen molar-refractivity contribution < 1.29 is 48.3 Å². The van der Waals surface area contributed by atoms with E-state index in [1.807, 2.05) is 6.92 Å². The Morgan fingerprint density at radius 2 is 1.97 bits per heavy atom. The minimum Gasteiger partial charge on any atom is -0.472 e. The zero-order valence-electron chi connectivity index (χ0n) is 21.2. The lowest BCUT2D eigenvalue weighted by molar-refractivity contribution is -0.185. The maximum atomic E-state index is 14.0. The molecule has 10 heteroatoms. The number of ether oxygens (including phenoxy) is 3. The third-order valence-corrected chi connectivity index (χ3v) is 11.9. The van der Waals surface area contributed by atoms with Crippen LogP contribution in [0.15, 0.2) is 23.0 Å². The molecule has 200 valence electrons. The molecule has 1 aromatic heterocycles. The van der Waals surface area contributed by atoms with Crippen molar-refractivity contribution in [2.75, 3.05) is 7.11 Å². The molecule has 6 aliphatic rings. The molecule has 3 N–H and O–H groups in total. The van der Waals surface area contributed by atoms with E-state index in [1.54, 1.807) is 19.9 Å². The predicted octanol–water partition coefficient (Wildman–Crippen LogP) is 1.06. The van der Waals surface area contributed by atoms with Gasteiger partial charge >= 0.3 is 11.9 Å². The first-order chi connectivity index (χ1) is 17.3. The van der Waals surface area contributed by atoms with Gasteiger partial charge in [0.05, 0.1) is 37.6 Å². The highest BCUT2D eigenvalue weighted by molar-refractivity contribution is 5.93. The van der Waals surface area contributed by atoms with Gasteiger partial charge in [-0.15, -0.1) is 0 Å². The van der Waals surface area contributed by atoms with Gasteiger partial charge in [-0.05, 0) is 25.3 Å². The molecule has 4 saturated carbocycles. The second kappa shape index (κ2) is 6.47. The van der Waals surface area contributed by atoms with Gasteiger partial charge in [0.2, 0.25) is 0 Å². The fourth-order valence-corrected chi connectivity index (χ4v) is 10.6. The molecule has 0 amide bonds. The molecular formula is C27H32O10. The van der Waals surface area contributed by atoms with Gasteiger partial charge in [0.25, 0.3) is 0 Å². The molecular weight excluding hydrogens is 484 g/mol. The summed E-state index contributed by atoms with van der Waals surface area (Å²) in [4.78, 5) is 39.8. The van der Waals surface area contributed by atoms with Gasteiger partial charge in [0, 0.05) is 33.6 Å². The Balaban J connectivity index is 1.45. The van der Waals surface area contributed by atoms with Crippen molar-refractivity contribution in [3.8, 4) is 0 Å². The highest BCUT2D eigenvalue weighted by Gasteiger charge is 2.99. The van der Waals surface area contributed by atoms with Crippen LogP contribution in [0.2, 0.25) is 0 Å². The number of aliphatic hydroxyl groups excluding tert-OH is 2. The summed E-state index contributed by atoms with van der Waals surface area (Å²) in [6, 6.07) is 1.74. The number of epoxide rings is 1. The fraction of sp³-hybridized carbons (Fsp3) is 0.741. The maximum absolute atomic E-state index is 14.0. The number of furan rings is 1. The first-order valence-corrected chi connectivity index (χ1v) is 12.9. The van der Waals surface area contributed by atoms with Crippen LogP contribution in [0.3, 0.4) is 0 Å². The first-order valence-electron chi connectivity index (χ1n) is 12.9. The molecule has 10 nitrogen and oxygen atoms in total. The first kappa shape index (κ1) is 23.8. The number of cyclic esters (lactones) is 1. The average Bonchev–Trinajstić information content (AvgIpc) is 3.11. The molecule has 2 saturated heterocycles. The molecule has 6 fully saturated rings. The van der Waals surface area contributed by atoms with Gasteiger partial charge in [-0.25, -0.2) is 4.79 Å². The highest BCUT2D eigenvalue weighted by atomic mass is 16.7. The molecule has 2 bridgehead atoms. The molecule has 7 rings (SSSR count). The summed E-state index contributed by atoms with van der Waals surface area (Å²) in [7, 11) is 1.17. The minimum atomic E-state index is -1.66. The zero-order valence-corrected chi connectivity index (χ0v) is 21.2. The number of hydrogen-bond acceptors (Lipinski definition) is 10. The van der Waals surface area contributed by atoms with Crippen LogP contribution in [0.1, 0.15) is 58.1 Å². The number of hydrogen-bond donors (Lipinski definition) is 3. The molecule has 3 heterocycles. The Hall–Kier alpha value is -2.27. The molecule has 2 aliphatic heterocycles. The van der Waals surface area contributed by atoms with Gasteiger partial charge in [-0.3, -0.25) is 9.59 Å². The lowest BCUT2D eigenvalue weighted by Gasteiger charge is -2.54. The van der Waals surface area contributed by atoms with Gasteiger partial charge in [-0.1, -0.05) is 20.8 Å². The Labute approximate surface area is 213 Å². The summed E-state index contributed by atoms with van der Waals surface area (Å²) in [5, 5.41) is 35.2. The van der Waals surface area contributed by atoms with Crippen LogP contribution in [-0.4, -0.2) is 69.2 Å². The van der Waals surface area contributed by atoms with E-state index < -0.39 is 86.8 Å². The predicted molar refractivity (Wildman–Crippen MR) is 121 cm³/mol. The van der Waals surface area contributed by atoms with Crippen molar-refractivity contribution in [1.29, 1.82) is 0 Å². The van der Waals surface area contributed by atoms with E-state index in [0.717, 1.165) is 0 Å². The number of esters is 2. The number of fused-ring (bicyclic) bond motifs is 2. The summed E-state index contributed by atoms with van der Waals surface area (Å²) >= 11 is 0. The van der Waals surface area contributed by atoms with Crippen LogP contribution in [0.5, 0.6) is 0 Å². The van der Waals surface area contributed by atoms with E-state index >= 15 is 0 Å². The van der Waals surface area contributed by atoms with E-state index in [0.29, 0.717) is 18.4 Å². The normalized spacial score (nSPS) is 55.6. The Kier molecular flexibility index (Phi) is 4.17. The van der Waals surface area contributed by atoms with Crippen LogP contribution in [-0.2, 0) is 28.6 Å². The topological polar surface area (TPSA) is 156 Å². The molecule has 0 radical (unpaired) electrons. The van der Waals surface area contributed by atoms with Crippen molar-refractivity contribution in [3.63, 3.8) is 0 Å². The largest absolute Gasteiger partial charge is 0.472 e. The van der Waals surface area contributed by atoms with Crippen LogP contribution in [0.4, 0.5) is 0 Å². The Bertz CT molecular complexity index is 1240. The summed E-state index contributed by atoms with van der Waals surface area (Å²) in [6.07, 6.45) is 0.133. The van der Waals surface area contributed by atoms with Crippen LogP contribution in [0, 0.1) is 34.0 Å². The van der Waals surface area contributed by atoms with Crippen molar-refractivity contribution in [1.82, 2.24) is 0 Å². The summed E-state index contributed by atoms with van der Waals surface area (Å²) in [5.41, 5.74) is -6.52. The standard InChI is InChI=1S/C27H32O10/c1-22-11-25(33)18(15(29)19(22)31)27-13(24(25,3)17(22)16(30)21(32)34-4)5-7-23(2)20(12-6-8-35-10-12)36-14(28)9-26(23,27)37-27/h6,8,10,13,16-20,30-31,33H,5,7,9,11H2,1-4H3/t13-,16-,17-,18-,19+,20-,22+,23-,24+,25+,26-,27-/m0/s1. The third kappa shape index (κ3) is 2.11. The van der Waals surface area contributed by atoms with E-state index in [4.69, 9.17) is 18.6 Å². The Morgan fingerprint density at radius 1 is 1.24 bits per heavy atom. The zero-order chi connectivity index (χ0) is 26.6. The Morgan fingerprint density at radius 3 is 2.62 bits per heavy atom. The van der Waals surface area contributed by atoms with E-state index in [9.17, 15) is 29.7 Å². The molecule has 2 spiro atoms. The molecule has 1 aromatic rings. The lowest BCUT2D eigenvalue weighted by atomic mass is 9.48. The van der Waals surface area contributed by atoms with Gasteiger partial charge in [-0.2, -0.15) is 0 Å². The molecule has 37 heavy (non-hydrogen) atoms. The number of Topliss-reactive ketones (excluding diaryl/α,β-unsaturated/α-hetero) is 1. The number of methoxy groups -OCH3 is 1. The number of aliphatic hydroxyl groups is 3. The summed E-state index contributed by atoms with van der Waals surface area (Å²) < 4.78 is 22.7. The number of ketones is 1. The lowest BCUT2D eigenvalue weighted by Crippen LogP contribution is -2.64.